The van der Waals surface area contributed by atoms with Gasteiger partial charge in [-0.3, -0.25) is 0 Å². The third-order valence-corrected chi connectivity index (χ3v) is 2.99. The molecule has 17 heavy (non-hydrogen) atoms. The third kappa shape index (κ3) is 3.16. The number of rotatable bonds is 5. The van der Waals surface area contributed by atoms with Crippen molar-refractivity contribution in [3.63, 3.8) is 0 Å². The van der Waals surface area contributed by atoms with E-state index >= 15 is 0 Å². The summed E-state index contributed by atoms with van der Waals surface area (Å²) < 4.78 is 5.49. The summed E-state index contributed by atoms with van der Waals surface area (Å²) in [5.41, 5.74) is 6.86. The van der Waals surface area contributed by atoms with Crippen LogP contribution in [0, 0.1) is 11.8 Å². The molecule has 1 aliphatic rings. The molecule has 1 saturated carbocycles. The van der Waals surface area contributed by atoms with Crippen molar-refractivity contribution < 1.29 is 4.74 Å². The molecule has 4 heteroatoms. The number of nitrogens with zero attached hydrogens (tertiary/aromatic N) is 2. The van der Waals surface area contributed by atoms with Crippen molar-refractivity contribution in [3.8, 4) is 0 Å². The maximum Gasteiger partial charge on any atom is 0.159 e. The van der Waals surface area contributed by atoms with E-state index in [1.165, 1.54) is 12.8 Å². The van der Waals surface area contributed by atoms with Crippen molar-refractivity contribution >= 4 is 5.82 Å². The van der Waals surface area contributed by atoms with E-state index in [9.17, 15) is 0 Å². The Morgan fingerprint density at radius 2 is 2.12 bits per heavy atom. The van der Waals surface area contributed by atoms with E-state index in [4.69, 9.17) is 10.5 Å². The van der Waals surface area contributed by atoms with Gasteiger partial charge in [0.05, 0.1) is 0 Å². The van der Waals surface area contributed by atoms with Crippen LogP contribution in [0.25, 0.3) is 0 Å². The van der Waals surface area contributed by atoms with Crippen LogP contribution in [0.3, 0.4) is 0 Å². The van der Waals surface area contributed by atoms with Gasteiger partial charge in [-0.2, -0.15) is 0 Å². The van der Waals surface area contributed by atoms with Gasteiger partial charge >= 0.3 is 0 Å². The van der Waals surface area contributed by atoms with E-state index in [1.807, 2.05) is 6.07 Å². The van der Waals surface area contributed by atoms with Crippen LogP contribution < -0.4 is 5.73 Å². The Bertz CT molecular complexity index is 388. The second-order valence-corrected chi connectivity index (χ2v) is 5.23. The zero-order chi connectivity index (χ0) is 12.4. The van der Waals surface area contributed by atoms with Crippen LogP contribution in [0.4, 0.5) is 5.82 Å². The van der Waals surface area contributed by atoms with Crippen molar-refractivity contribution in [1.29, 1.82) is 0 Å². The molecule has 1 heterocycles. The second-order valence-electron chi connectivity index (χ2n) is 5.23. The molecule has 1 unspecified atom stereocenters. The first-order chi connectivity index (χ1) is 8.10. The molecule has 1 fully saturated rings. The molecule has 94 valence electrons. The molecule has 1 aromatic heterocycles. The molecule has 0 radical (unpaired) electrons. The quantitative estimate of drug-likeness (QED) is 0.851. The average Bonchev–Trinajstić information content (AvgIpc) is 3.01. The van der Waals surface area contributed by atoms with Crippen molar-refractivity contribution in [2.24, 2.45) is 11.8 Å². The lowest BCUT2D eigenvalue weighted by Crippen LogP contribution is -2.12. The molecule has 1 aliphatic carbocycles. The molecule has 0 spiro atoms. The second kappa shape index (κ2) is 5.00. The summed E-state index contributed by atoms with van der Waals surface area (Å²) in [7, 11) is 1.72. The Morgan fingerprint density at radius 1 is 1.41 bits per heavy atom. The number of nitrogens with two attached hydrogens (primary N) is 1. The molecule has 0 amide bonds. The normalized spacial score (nSPS) is 17.4. The predicted molar refractivity (Wildman–Crippen MR) is 67.5 cm³/mol. The molecule has 1 aromatic rings. The summed E-state index contributed by atoms with van der Waals surface area (Å²) in [6, 6.07) is 1.86. The summed E-state index contributed by atoms with van der Waals surface area (Å²) in [6.45, 7) is 4.35. The van der Waals surface area contributed by atoms with Gasteiger partial charge < -0.3 is 10.5 Å². The first-order valence-electron chi connectivity index (χ1n) is 6.26. The summed E-state index contributed by atoms with van der Waals surface area (Å²) >= 11 is 0. The lowest BCUT2D eigenvalue weighted by Gasteiger charge is -2.15. The van der Waals surface area contributed by atoms with Crippen molar-refractivity contribution in [2.75, 3.05) is 12.8 Å². The molecular weight excluding hydrogens is 214 g/mol. The third-order valence-electron chi connectivity index (χ3n) is 2.99. The Kier molecular flexibility index (Phi) is 3.62. The molecule has 2 N–H and O–H groups in total. The van der Waals surface area contributed by atoms with Crippen molar-refractivity contribution in [2.45, 2.75) is 39.2 Å². The van der Waals surface area contributed by atoms with Gasteiger partial charge in [0, 0.05) is 18.9 Å². The fourth-order valence-electron chi connectivity index (χ4n) is 2.10. The van der Waals surface area contributed by atoms with Crippen LogP contribution in [0.2, 0.25) is 0 Å². The van der Waals surface area contributed by atoms with Crippen LogP contribution in [0.1, 0.15) is 44.3 Å². The van der Waals surface area contributed by atoms with Gasteiger partial charge in [-0.1, -0.05) is 13.8 Å². The Balaban J connectivity index is 2.23. The first-order valence-corrected chi connectivity index (χ1v) is 6.26. The van der Waals surface area contributed by atoms with Crippen LogP contribution in [0.15, 0.2) is 6.07 Å². The molecule has 2 rings (SSSR count). The molecule has 0 aromatic carbocycles. The van der Waals surface area contributed by atoms with Crippen LogP contribution in [-0.2, 0) is 11.2 Å². The maximum absolute atomic E-state index is 5.84. The van der Waals surface area contributed by atoms with E-state index in [1.54, 1.807) is 7.11 Å². The van der Waals surface area contributed by atoms with E-state index in [2.05, 4.69) is 23.8 Å². The SMILES string of the molecule is COC(c1nc(N)cc(CC(C)C)n1)C1CC1. The van der Waals surface area contributed by atoms with Gasteiger partial charge in [0.2, 0.25) is 0 Å². The highest BCUT2D eigenvalue weighted by molar-refractivity contribution is 5.30. The van der Waals surface area contributed by atoms with Gasteiger partial charge in [0.25, 0.3) is 0 Å². The Labute approximate surface area is 103 Å². The van der Waals surface area contributed by atoms with Gasteiger partial charge in [0.1, 0.15) is 11.9 Å². The largest absolute Gasteiger partial charge is 0.384 e. The van der Waals surface area contributed by atoms with Crippen molar-refractivity contribution in [1.82, 2.24) is 9.97 Å². The zero-order valence-corrected chi connectivity index (χ0v) is 10.8. The first kappa shape index (κ1) is 12.3. The van der Waals surface area contributed by atoms with E-state index in [0.29, 0.717) is 17.7 Å². The summed E-state index contributed by atoms with van der Waals surface area (Å²) in [4.78, 5) is 8.91. The maximum atomic E-state index is 5.84. The highest BCUT2D eigenvalue weighted by atomic mass is 16.5. The topological polar surface area (TPSA) is 61.0 Å². The highest BCUT2D eigenvalue weighted by Crippen LogP contribution is 2.41. The number of anilines is 1. The smallest absolute Gasteiger partial charge is 0.159 e. The van der Waals surface area contributed by atoms with E-state index in [0.717, 1.165) is 17.9 Å². The summed E-state index contributed by atoms with van der Waals surface area (Å²) in [5, 5.41) is 0. The van der Waals surface area contributed by atoms with Gasteiger partial charge in [0.15, 0.2) is 5.82 Å². The number of methoxy groups -OCH3 is 1. The lowest BCUT2D eigenvalue weighted by atomic mass is 10.1. The number of aromatic nitrogens is 2. The molecule has 0 saturated heterocycles. The number of hydrogen-bond acceptors (Lipinski definition) is 4. The minimum atomic E-state index is 0.0180. The van der Waals surface area contributed by atoms with E-state index in [-0.39, 0.29) is 6.10 Å². The lowest BCUT2D eigenvalue weighted by molar-refractivity contribution is 0.0771. The predicted octanol–water partition coefficient (Wildman–Crippen LogP) is 2.35. The van der Waals surface area contributed by atoms with Gasteiger partial charge in [-0.15, -0.1) is 0 Å². The van der Waals surface area contributed by atoms with Crippen molar-refractivity contribution in [3.05, 3.63) is 17.6 Å². The fraction of sp³-hybridized carbons (Fsp3) is 0.692. The Morgan fingerprint density at radius 3 is 2.65 bits per heavy atom. The number of hydrogen-bond donors (Lipinski definition) is 1. The minimum Gasteiger partial charge on any atom is -0.384 e. The standard InChI is InChI=1S/C13H21N3O/c1-8(2)6-10-7-11(14)16-13(15-10)12(17-3)9-4-5-9/h7-9,12H,4-6H2,1-3H3,(H2,14,15,16). The molecular formula is C13H21N3O. The zero-order valence-electron chi connectivity index (χ0n) is 10.8. The van der Waals surface area contributed by atoms with Crippen LogP contribution in [0.5, 0.6) is 0 Å². The van der Waals surface area contributed by atoms with Gasteiger partial charge in [-0.25, -0.2) is 9.97 Å². The average molecular weight is 235 g/mol. The minimum absolute atomic E-state index is 0.0180. The molecule has 1 atom stereocenters. The van der Waals surface area contributed by atoms with Gasteiger partial charge in [-0.05, 0) is 31.1 Å². The molecule has 0 bridgehead atoms. The number of ether oxygens (including phenoxy) is 1. The fourth-order valence-corrected chi connectivity index (χ4v) is 2.10. The van der Waals surface area contributed by atoms with Crippen LogP contribution >= 0.6 is 0 Å². The molecule has 4 nitrogen and oxygen atoms in total. The summed E-state index contributed by atoms with van der Waals surface area (Å²) in [6.07, 6.45) is 3.36. The highest BCUT2D eigenvalue weighted by Gasteiger charge is 2.34. The monoisotopic (exact) mass is 235 g/mol. The van der Waals surface area contributed by atoms with Crippen LogP contribution in [-0.4, -0.2) is 17.1 Å². The summed E-state index contributed by atoms with van der Waals surface area (Å²) in [5.74, 6) is 2.45. The number of nitrogen functional groups attached to an aromatic ring is 1. The molecule has 0 aliphatic heterocycles. The van der Waals surface area contributed by atoms with E-state index < -0.39 is 0 Å². The Hall–Kier alpha value is -1.16.